The van der Waals surface area contributed by atoms with Gasteiger partial charge in [0.05, 0.1) is 5.52 Å². The number of phenolic OH excluding ortho intramolecular Hbond substituents is 1. The molecule has 0 unspecified atom stereocenters. The molecule has 2 aromatic carbocycles. The Morgan fingerprint density at radius 3 is 2.92 bits per heavy atom. The van der Waals surface area contributed by atoms with Gasteiger partial charge in [-0.25, -0.2) is 14.4 Å². The fraction of sp³-hybridized carbons (Fsp3) is 0.111. The minimum Gasteiger partial charge on any atom is -0.508 e. The molecule has 0 aliphatic rings. The average molecular weight is 322 g/mol. The lowest BCUT2D eigenvalue weighted by molar-refractivity contribution is 0.476. The number of phenols is 1. The number of nitrogens with zero attached hydrogens (tertiary/aromatic N) is 2. The molecule has 0 spiro atoms. The van der Waals surface area contributed by atoms with E-state index in [9.17, 15) is 9.50 Å². The highest BCUT2D eigenvalue weighted by Crippen LogP contribution is 2.24. The second-order valence-electron chi connectivity index (χ2n) is 5.60. The molecule has 0 saturated heterocycles. The Labute approximate surface area is 137 Å². The van der Waals surface area contributed by atoms with E-state index in [1.165, 1.54) is 18.5 Å². The van der Waals surface area contributed by atoms with Crippen LogP contribution in [0.4, 0.5) is 10.2 Å². The molecule has 0 bridgehead atoms. The SMILES string of the molecule is Oc1ccc2[nH]cc(CCNc3ncnc4ccc(F)cc34)c2c1. The Morgan fingerprint density at radius 2 is 2.00 bits per heavy atom. The first kappa shape index (κ1) is 14.4. The molecule has 0 fully saturated rings. The van der Waals surface area contributed by atoms with E-state index in [1.54, 1.807) is 18.2 Å². The first-order valence-corrected chi connectivity index (χ1v) is 7.64. The zero-order valence-corrected chi connectivity index (χ0v) is 12.8. The molecule has 0 aliphatic heterocycles. The molecule has 0 radical (unpaired) electrons. The predicted molar refractivity (Wildman–Crippen MR) is 91.7 cm³/mol. The van der Waals surface area contributed by atoms with Crippen LogP contribution in [0.25, 0.3) is 21.8 Å². The van der Waals surface area contributed by atoms with Crippen molar-refractivity contribution in [1.29, 1.82) is 0 Å². The van der Waals surface area contributed by atoms with Crippen molar-refractivity contribution in [3.8, 4) is 5.75 Å². The number of rotatable bonds is 4. The Hall–Kier alpha value is -3.15. The summed E-state index contributed by atoms with van der Waals surface area (Å²) in [5.74, 6) is 0.545. The summed E-state index contributed by atoms with van der Waals surface area (Å²) < 4.78 is 13.5. The first-order valence-electron chi connectivity index (χ1n) is 7.64. The van der Waals surface area contributed by atoms with Crippen LogP contribution in [-0.2, 0) is 6.42 Å². The topological polar surface area (TPSA) is 73.8 Å². The van der Waals surface area contributed by atoms with E-state index in [2.05, 4.69) is 20.3 Å². The molecule has 3 N–H and O–H groups in total. The Balaban J connectivity index is 1.55. The standard InChI is InChI=1S/C18H15FN4O/c19-12-1-3-17-15(7-12)18(23-10-22-17)20-6-5-11-9-21-16-4-2-13(24)8-14(11)16/h1-4,7-10,21,24H,5-6H2,(H,20,22,23). The third-order valence-corrected chi connectivity index (χ3v) is 4.04. The van der Waals surface area contributed by atoms with Crippen LogP contribution in [0, 0.1) is 5.82 Å². The summed E-state index contributed by atoms with van der Waals surface area (Å²) in [6.07, 6.45) is 4.14. The Bertz CT molecular complexity index is 1030. The number of aromatic amines is 1. The van der Waals surface area contributed by atoms with Crippen LogP contribution in [0.3, 0.4) is 0 Å². The third-order valence-electron chi connectivity index (χ3n) is 4.04. The number of anilines is 1. The quantitative estimate of drug-likeness (QED) is 0.536. The van der Waals surface area contributed by atoms with Gasteiger partial charge in [0.1, 0.15) is 23.7 Å². The van der Waals surface area contributed by atoms with E-state index < -0.39 is 0 Å². The number of aromatic hydroxyl groups is 1. The molecule has 0 amide bonds. The van der Waals surface area contributed by atoms with Crippen molar-refractivity contribution < 1.29 is 9.50 Å². The van der Waals surface area contributed by atoms with Gasteiger partial charge in [-0.05, 0) is 48.4 Å². The number of fused-ring (bicyclic) bond motifs is 2. The largest absolute Gasteiger partial charge is 0.508 e. The molecule has 120 valence electrons. The van der Waals surface area contributed by atoms with Crippen LogP contribution in [0.1, 0.15) is 5.56 Å². The third kappa shape index (κ3) is 2.62. The van der Waals surface area contributed by atoms with E-state index >= 15 is 0 Å². The molecule has 2 heterocycles. The van der Waals surface area contributed by atoms with E-state index in [1.807, 2.05) is 12.3 Å². The zero-order chi connectivity index (χ0) is 16.5. The Morgan fingerprint density at radius 1 is 1.08 bits per heavy atom. The molecule has 4 aromatic rings. The first-order chi connectivity index (χ1) is 11.7. The van der Waals surface area contributed by atoms with E-state index in [0.29, 0.717) is 23.3 Å². The molecule has 0 saturated carbocycles. The monoisotopic (exact) mass is 322 g/mol. The number of nitrogens with one attached hydrogen (secondary N) is 2. The molecular weight excluding hydrogens is 307 g/mol. The fourth-order valence-corrected chi connectivity index (χ4v) is 2.86. The highest BCUT2D eigenvalue weighted by molar-refractivity contribution is 5.89. The van der Waals surface area contributed by atoms with E-state index in [-0.39, 0.29) is 11.6 Å². The number of aromatic nitrogens is 3. The number of hydrogen-bond donors (Lipinski definition) is 3. The van der Waals surface area contributed by atoms with Gasteiger partial charge in [0.25, 0.3) is 0 Å². The maximum atomic E-state index is 13.5. The van der Waals surface area contributed by atoms with Gasteiger partial charge in [-0.1, -0.05) is 0 Å². The van der Waals surface area contributed by atoms with Crippen molar-refractivity contribution in [2.24, 2.45) is 0 Å². The smallest absolute Gasteiger partial charge is 0.137 e. The van der Waals surface area contributed by atoms with Gasteiger partial charge in [-0.15, -0.1) is 0 Å². The minimum absolute atomic E-state index is 0.244. The van der Waals surface area contributed by atoms with Gasteiger partial charge in [0, 0.05) is 29.0 Å². The number of benzene rings is 2. The maximum Gasteiger partial charge on any atom is 0.137 e. The number of halogens is 1. The summed E-state index contributed by atoms with van der Waals surface area (Å²) in [5.41, 5.74) is 2.78. The van der Waals surface area contributed by atoms with E-state index in [0.717, 1.165) is 22.9 Å². The lowest BCUT2D eigenvalue weighted by Crippen LogP contribution is -2.07. The van der Waals surface area contributed by atoms with Crippen LogP contribution < -0.4 is 5.32 Å². The van der Waals surface area contributed by atoms with E-state index in [4.69, 9.17) is 0 Å². The van der Waals surface area contributed by atoms with Crippen molar-refractivity contribution in [2.75, 3.05) is 11.9 Å². The normalized spacial score (nSPS) is 11.2. The van der Waals surface area contributed by atoms with Gasteiger partial charge in [0.2, 0.25) is 0 Å². The van der Waals surface area contributed by atoms with Crippen LogP contribution in [0.2, 0.25) is 0 Å². The lowest BCUT2D eigenvalue weighted by Gasteiger charge is -2.08. The molecule has 24 heavy (non-hydrogen) atoms. The van der Waals surface area contributed by atoms with Gasteiger partial charge in [-0.3, -0.25) is 0 Å². The molecule has 6 heteroatoms. The molecule has 0 atom stereocenters. The van der Waals surface area contributed by atoms with Crippen molar-refractivity contribution in [3.63, 3.8) is 0 Å². The second kappa shape index (κ2) is 5.81. The van der Waals surface area contributed by atoms with Crippen LogP contribution in [0.15, 0.2) is 48.9 Å². The minimum atomic E-state index is -0.313. The van der Waals surface area contributed by atoms with Crippen LogP contribution in [-0.4, -0.2) is 26.6 Å². The Kier molecular flexibility index (Phi) is 3.49. The summed E-state index contributed by atoms with van der Waals surface area (Å²) >= 11 is 0. The molecule has 4 rings (SSSR count). The molecular formula is C18H15FN4O. The van der Waals surface area contributed by atoms with Crippen molar-refractivity contribution in [3.05, 3.63) is 60.3 Å². The maximum absolute atomic E-state index is 13.5. The van der Waals surface area contributed by atoms with Crippen molar-refractivity contribution in [2.45, 2.75) is 6.42 Å². The molecule has 5 nitrogen and oxygen atoms in total. The van der Waals surface area contributed by atoms with Gasteiger partial charge in [-0.2, -0.15) is 0 Å². The van der Waals surface area contributed by atoms with Gasteiger partial charge in [0.15, 0.2) is 0 Å². The van der Waals surface area contributed by atoms with Gasteiger partial charge < -0.3 is 15.4 Å². The van der Waals surface area contributed by atoms with Crippen molar-refractivity contribution >= 4 is 27.6 Å². The van der Waals surface area contributed by atoms with Gasteiger partial charge >= 0.3 is 0 Å². The number of hydrogen-bond acceptors (Lipinski definition) is 4. The van der Waals surface area contributed by atoms with Crippen LogP contribution in [0.5, 0.6) is 5.75 Å². The summed E-state index contributed by atoms with van der Waals surface area (Å²) in [6, 6.07) is 9.71. The highest BCUT2D eigenvalue weighted by atomic mass is 19.1. The zero-order valence-electron chi connectivity index (χ0n) is 12.8. The summed E-state index contributed by atoms with van der Waals surface area (Å²) in [7, 11) is 0. The van der Waals surface area contributed by atoms with Crippen LogP contribution >= 0.6 is 0 Å². The summed E-state index contributed by atoms with van der Waals surface area (Å²) in [4.78, 5) is 11.5. The second-order valence-corrected chi connectivity index (χ2v) is 5.60. The molecule has 0 aliphatic carbocycles. The summed E-state index contributed by atoms with van der Waals surface area (Å²) in [5, 5.41) is 14.5. The fourth-order valence-electron chi connectivity index (χ4n) is 2.86. The predicted octanol–water partition coefficient (Wildman–Crippen LogP) is 3.61. The van der Waals surface area contributed by atoms with Crippen molar-refractivity contribution in [1.82, 2.24) is 15.0 Å². The number of H-pyrrole nitrogens is 1. The highest BCUT2D eigenvalue weighted by Gasteiger charge is 2.07. The lowest BCUT2D eigenvalue weighted by atomic mass is 10.1. The molecule has 2 aromatic heterocycles. The summed E-state index contributed by atoms with van der Waals surface area (Å²) in [6.45, 7) is 0.630. The average Bonchev–Trinajstić information content (AvgIpc) is 2.97.